The number of ketones is 1. The Kier molecular flexibility index (Phi) is 7.67. The number of carbonyl (C=O) groups excluding carboxylic acids is 3. The molecule has 1 aliphatic heterocycles. The minimum Gasteiger partial charge on any atom is -0.507 e. The minimum absolute atomic E-state index is 0.0690. The van der Waals surface area contributed by atoms with Crippen molar-refractivity contribution in [1.29, 1.82) is 0 Å². The molecule has 0 aliphatic carbocycles. The number of aliphatic hydroxyl groups excluding tert-OH is 1. The topological polar surface area (TPSA) is 106 Å². The molecule has 1 fully saturated rings. The number of pyridine rings is 1. The fourth-order valence-electron chi connectivity index (χ4n) is 4.28. The monoisotopic (exact) mass is 500 g/mol. The van der Waals surface area contributed by atoms with Gasteiger partial charge in [-0.25, -0.2) is 4.79 Å². The first-order valence-electron chi connectivity index (χ1n) is 12.1. The van der Waals surface area contributed by atoms with Crippen LogP contribution in [0.4, 0.5) is 5.69 Å². The predicted octanol–water partition coefficient (Wildman–Crippen LogP) is 4.98. The zero-order chi connectivity index (χ0) is 26.5. The van der Waals surface area contributed by atoms with Crippen LogP contribution in [0.15, 0.2) is 72.6 Å². The van der Waals surface area contributed by atoms with Gasteiger partial charge in [0.2, 0.25) is 0 Å². The van der Waals surface area contributed by atoms with Crippen molar-refractivity contribution in [2.45, 2.75) is 33.2 Å². The Morgan fingerprint density at radius 3 is 2.54 bits per heavy atom. The van der Waals surface area contributed by atoms with Gasteiger partial charge in [-0.2, -0.15) is 0 Å². The zero-order valence-electron chi connectivity index (χ0n) is 20.9. The van der Waals surface area contributed by atoms with Crippen molar-refractivity contribution in [3.63, 3.8) is 0 Å². The number of esters is 1. The summed E-state index contributed by atoms with van der Waals surface area (Å²) in [7, 11) is 0. The van der Waals surface area contributed by atoms with E-state index in [0.29, 0.717) is 35.6 Å². The van der Waals surface area contributed by atoms with Crippen LogP contribution in [-0.4, -0.2) is 41.0 Å². The van der Waals surface area contributed by atoms with Crippen LogP contribution in [0.3, 0.4) is 0 Å². The highest BCUT2D eigenvalue weighted by Crippen LogP contribution is 2.42. The fraction of sp³-hybridized carbons (Fsp3) is 0.241. The smallest absolute Gasteiger partial charge is 0.338 e. The van der Waals surface area contributed by atoms with Crippen LogP contribution in [0.25, 0.3) is 5.76 Å². The van der Waals surface area contributed by atoms with Crippen LogP contribution in [0.5, 0.6) is 5.75 Å². The van der Waals surface area contributed by atoms with Crippen molar-refractivity contribution in [1.82, 2.24) is 4.98 Å². The van der Waals surface area contributed by atoms with Crippen molar-refractivity contribution in [2.75, 3.05) is 18.1 Å². The van der Waals surface area contributed by atoms with E-state index in [2.05, 4.69) is 4.98 Å². The lowest BCUT2D eigenvalue weighted by atomic mass is 9.95. The lowest BCUT2D eigenvalue weighted by Gasteiger charge is -2.25. The number of hydrogen-bond donors (Lipinski definition) is 1. The highest BCUT2D eigenvalue weighted by Gasteiger charge is 2.47. The number of aromatic nitrogens is 1. The van der Waals surface area contributed by atoms with E-state index >= 15 is 0 Å². The normalized spacial score (nSPS) is 16.6. The van der Waals surface area contributed by atoms with Crippen LogP contribution in [0.1, 0.15) is 53.4 Å². The summed E-state index contributed by atoms with van der Waals surface area (Å²) in [6.45, 7) is 6.36. The number of aryl methyl sites for hydroxylation is 1. The summed E-state index contributed by atoms with van der Waals surface area (Å²) in [5.41, 5.74) is 2.19. The second kappa shape index (κ2) is 11.1. The summed E-state index contributed by atoms with van der Waals surface area (Å²) >= 11 is 0. The Bertz CT molecular complexity index is 1370. The Balaban J connectivity index is 1.85. The Morgan fingerprint density at radius 2 is 1.86 bits per heavy atom. The molecule has 4 rings (SSSR count). The number of Topliss-reactive ketones (excluding diaryl/α,β-unsaturated/α-hetero) is 1. The molecule has 1 N–H and O–H groups in total. The molecule has 190 valence electrons. The number of carbonyl (C=O) groups is 3. The second-order valence-corrected chi connectivity index (χ2v) is 8.55. The van der Waals surface area contributed by atoms with E-state index in [1.165, 1.54) is 11.0 Å². The second-order valence-electron chi connectivity index (χ2n) is 8.55. The molecule has 37 heavy (non-hydrogen) atoms. The number of ether oxygens (including phenoxy) is 2. The van der Waals surface area contributed by atoms with Gasteiger partial charge in [0.25, 0.3) is 11.7 Å². The van der Waals surface area contributed by atoms with E-state index < -0.39 is 23.7 Å². The first-order valence-corrected chi connectivity index (χ1v) is 12.1. The van der Waals surface area contributed by atoms with Gasteiger partial charge < -0.3 is 14.6 Å². The lowest BCUT2D eigenvalue weighted by Crippen LogP contribution is -2.29. The molecule has 0 spiro atoms. The third kappa shape index (κ3) is 5.09. The van der Waals surface area contributed by atoms with Crippen LogP contribution in [0.2, 0.25) is 0 Å². The molecular formula is C29H28N2O6. The SMILES string of the molecule is CCCOC(=O)c1cccc(N2C(=O)C(=O)/C(=C(/O)c3ccc(OCC)c(C)c3)C2c2cccnc2)c1. The van der Waals surface area contributed by atoms with Gasteiger partial charge in [0, 0.05) is 23.6 Å². The average Bonchev–Trinajstić information content (AvgIpc) is 3.18. The molecule has 8 heteroatoms. The summed E-state index contributed by atoms with van der Waals surface area (Å²) in [6.07, 6.45) is 3.79. The molecular weight excluding hydrogens is 472 g/mol. The fourth-order valence-corrected chi connectivity index (χ4v) is 4.28. The van der Waals surface area contributed by atoms with Crippen molar-refractivity contribution >= 4 is 29.1 Å². The molecule has 1 unspecified atom stereocenters. The van der Waals surface area contributed by atoms with E-state index in [-0.39, 0.29) is 23.5 Å². The van der Waals surface area contributed by atoms with Gasteiger partial charge in [0.1, 0.15) is 11.5 Å². The third-order valence-electron chi connectivity index (χ3n) is 5.99. The number of nitrogens with zero attached hydrogens (tertiary/aromatic N) is 2. The Labute approximate surface area is 215 Å². The maximum Gasteiger partial charge on any atom is 0.338 e. The maximum atomic E-state index is 13.4. The zero-order valence-corrected chi connectivity index (χ0v) is 20.9. The average molecular weight is 501 g/mol. The van der Waals surface area contributed by atoms with E-state index in [1.807, 2.05) is 20.8 Å². The first-order chi connectivity index (χ1) is 17.9. The highest BCUT2D eigenvalue weighted by atomic mass is 16.5. The quantitative estimate of drug-likeness (QED) is 0.201. The van der Waals surface area contributed by atoms with Gasteiger partial charge in [0.15, 0.2) is 0 Å². The molecule has 0 saturated carbocycles. The first kappa shape index (κ1) is 25.6. The van der Waals surface area contributed by atoms with Gasteiger partial charge in [0.05, 0.1) is 30.4 Å². The molecule has 2 heterocycles. The number of aliphatic hydroxyl groups is 1. The summed E-state index contributed by atoms with van der Waals surface area (Å²) < 4.78 is 10.8. The van der Waals surface area contributed by atoms with Crippen molar-refractivity contribution < 1.29 is 29.0 Å². The molecule has 2 aromatic carbocycles. The van der Waals surface area contributed by atoms with E-state index in [0.717, 1.165) is 5.56 Å². The molecule has 1 saturated heterocycles. The molecule has 1 amide bonds. The molecule has 8 nitrogen and oxygen atoms in total. The van der Waals surface area contributed by atoms with Crippen LogP contribution in [0, 0.1) is 6.92 Å². The van der Waals surface area contributed by atoms with Crippen LogP contribution < -0.4 is 9.64 Å². The molecule has 0 bridgehead atoms. The Morgan fingerprint density at radius 1 is 1.05 bits per heavy atom. The van der Waals surface area contributed by atoms with Gasteiger partial charge in [-0.05, 0) is 73.9 Å². The predicted molar refractivity (Wildman–Crippen MR) is 138 cm³/mol. The summed E-state index contributed by atoms with van der Waals surface area (Å²) in [5, 5.41) is 11.3. The van der Waals surface area contributed by atoms with Gasteiger partial charge in [-0.1, -0.05) is 19.1 Å². The molecule has 1 aliphatic rings. The number of hydrogen-bond acceptors (Lipinski definition) is 7. The molecule has 1 aromatic heterocycles. The molecule has 0 radical (unpaired) electrons. The Hall–Kier alpha value is -4.46. The number of rotatable bonds is 8. The standard InChI is InChI=1S/C29H28N2O6/c1-4-14-37-29(35)20-8-6-10-22(16-20)31-25(21-9-7-13-30-17-21)24(27(33)28(31)34)26(32)19-11-12-23(36-5-2)18(3)15-19/h6-13,15-17,25,32H,4-5,14H2,1-3H3/b26-24+. The largest absolute Gasteiger partial charge is 0.507 e. The van der Waals surface area contributed by atoms with Gasteiger partial charge in [-0.15, -0.1) is 0 Å². The van der Waals surface area contributed by atoms with E-state index in [4.69, 9.17) is 9.47 Å². The highest BCUT2D eigenvalue weighted by molar-refractivity contribution is 6.51. The third-order valence-corrected chi connectivity index (χ3v) is 5.99. The van der Waals surface area contributed by atoms with Gasteiger partial charge >= 0.3 is 5.97 Å². The maximum absolute atomic E-state index is 13.4. The van der Waals surface area contributed by atoms with Crippen molar-refractivity contribution in [3.05, 3.63) is 94.8 Å². The van der Waals surface area contributed by atoms with E-state index in [1.54, 1.807) is 60.9 Å². The molecule has 3 aromatic rings. The van der Waals surface area contributed by atoms with Crippen molar-refractivity contribution in [3.8, 4) is 5.75 Å². The summed E-state index contributed by atoms with van der Waals surface area (Å²) in [6, 6.07) is 13.9. The number of anilines is 1. The number of amides is 1. The number of benzene rings is 2. The van der Waals surface area contributed by atoms with Gasteiger partial charge in [-0.3, -0.25) is 19.5 Å². The summed E-state index contributed by atoms with van der Waals surface area (Å²) in [5.74, 6) is -1.83. The molecule has 1 atom stereocenters. The minimum atomic E-state index is -0.956. The van der Waals surface area contributed by atoms with Crippen molar-refractivity contribution in [2.24, 2.45) is 0 Å². The summed E-state index contributed by atoms with van der Waals surface area (Å²) in [4.78, 5) is 44.6. The van der Waals surface area contributed by atoms with E-state index in [9.17, 15) is 19.5 Å². The van der Waals surface area contributed by atoms with Crippen LogP contribution in [-0.2, 0) is 14.3 Å². The lowest BCUT2D eigenvalue weighted by molar-refractivity contribution is -0.132. The van der Waals surface area contributed by atoms with Crippen LogP contribution >= 0.6 is 0 Å².